The first-order valence-corrected chi connectivity index (χ1v) is 7.44. The molecule has 0 radical (unpaired) electrons. The maximum absolute atomic E-state index is 5.94. The van der Waals surface area contributed by atoms with Crippen molar-refractivity contribution in [1.82, 2.24) is 10.2 Å². The van der Waals surface area contributed by atoms with Gasteiger partial charge in [-0.15, -0.1) is 5.10 Å². The summed E-state index contributed by atoms with van der Waals surface area (Å²) in [5, 5.41) is 9.13. The number of hydrogen-bond donors (Lipinski definition) is 0. The second-order valence-corrected chi connectivity index (χ2v) is 5.77. The zero-order valence-corrected chi connectivity index (χ0v) is 13.0. The first-order chi connectivity index (χ1) is 10.1. The Balaban J connectivity index is 1.82. The molecule has 0 N–H and O–H groups in total. The highest BCUT2D eigenvalue weighted by Gasteiger charge is 2.24. The van der Waals surface area contributed by atoms with E-state index in [1.165, 1.54) is 5.56 Å². The van der Waals surface area contributed by atoms with Crippen molar-refractivity contribution in [3.63, 3.8) is 0 Å². The quantitative estimate of drug-likeness (QED) is 0.853. The zero-order chi connectivity index (χ0) is 14.8. The van der Waals surface area contributed by atoms with Crippen molar-refractivity contribution < 1.29 is 4.74 Å². The minimum absolute atomic E-state index is 0.0396. The van der Waals surface area contributed by atoms with Gasteiger partial charge in [-0.25, -0.2) is 0 Å². The molecule has 1 fully saturated rings. The standard InChI is InChI=1S/C16H18ClN3O/c1-11-9-18-19-16(12(11)2)20-7-8-21-15(10-20)13-3-5-14(17)6-4-13/h3-6,9,15H,7-8,10H2,1-2H3. The summed E-state index contributed by atoms with van der Waals surface area (Å²) in [5.41, 5.74) is 3.48. The highest BCUT2D eigenvalue weighted by Crippen LogP contribution is 2.27. The molecule has 0 amide bonds. The molecule has 0 spiro atoms. The number of hydrogen-bond acceptors (Lipinski definition) is 4. The number of ether oxygens (including phenoxy) is 1. The predicted octanol–water partition coefficient (Wildman–Crippen LogP) is 3.32. The van der Waals surface area contributed by atoms with Gasteiger partial charge in [0.1, 0.15) is 6.10 Å². The minimum Gasteiger partial charge on any atom is -0.370 e. The molecule has 0 bridgehead atoms. The number of morpholine rings is 1. The van der Waals surface area contributed by atoms with Crippen molar-refractivity contribution in [2.24, 2.45) is 0 Å². The van der Waals surface area contributed by atoms with E-state index in [0.717, 1.165) is 35.1 Å². The molecular formula is C16H18ClN3O. The number of halogens is 1. The van der Waals surface area contributed by atoms with Gasteiger partial charge in [0.05, 0.1) is 12.8 Å². The van der Waals surface area contributed by atoms with Crippen molar-refractivity contribution in [3.05, 3.63) is 52.2 Å². The lowest BCUT2D eigenvalue weighted by Crippen LogP contribution is -2.39. The number of aromatic nitrogens is 2. The fraction of sp³-hybridized carbons (Fsp3) is 0.375. The minimum atomic E-state index is 0.0396. The van der Waals surface area contributed by atoms with Crippen LogP contribution < -0.4 is 4.90 Å². The van der Waals surface area contributed by atoms with Crippen LogP contribution in [0, 0.1) is 13.8 Å². The van der Waals surface area contributed by atoms with Crippen LogP contribution in [0.25, 0.3) is 0 Å². The predicted molar refractivity (Wildman–Crippen MR) is 83.9 cm³/mol. The summed E-state index contributed by atoms with van der Waals surface area (Å²) in [7, 11) is 0. The van der Waals surface area contributed by atoms with E-state index in [4.69, 9.17) is 16.3 Å². The van der Waals surface area contributed by atoms with Crippen LogP contribution in [0.2, 0.25) is 5.02 Å². The third-order valence-corrected chi connectivity index (χ3v) is 4.19. The average Bonchev–Trinajstić information content (AvgIpc) is 2.51. The van der Waals surface area contributed by atoms with Crippen LogP contribution in [-0.4, -0.2) is 29.9 Å². The third-order valence-electron chi connectivity index (χ3n) is 3.94. The molecule has 1 atom stereocenters. The molecule has 1 saturated heterocycles. The maximum atomic E-state index is 5.94. The summed E-state index contributed by atoms with van der Waals surface area (Å²) in [6, 6.07) is 7.84. The van der Waals surface area contributed by atoms with E-state index in [-0.39, 0.29) is 6.10 Å². The number of rotatable bonds is 2. The number of benzene rings is 1. The van der Waals surface area contributed by atoms with E-state index in [0.29, 0.717) is 6.61 Å². The Morgan fingerprint density at radius 2 is 2.00 bits per heavy atom. The summed E-state index contributed by atoms with van der Waals surface area (Å²) >= 11 is 5.94. The van der Waals surface area contributed by atoms with Gasteiger partial charge in [0, 0.05) is 18.1 Å². The van der Waals surface area contributed by atoms with Crippen LogP contribution >= 0.6 is 11.6 Å². The molecule has 110 valence electrons. The molecule has 2 aromatic rings. The van der Waals surface area contributed by atoms with Crippen molar-refractivity contribution >= 4 is 17.4 Å². The Hall–Kier alpha value is -1.65. The molecule has 1 aromatic heterocycles. The number of nitrogens with zero attached hydrogens (tertiary/aromatic N) is 3. The molecule has 3 rings (SSSR count). The average molecular weight is 304 g/mol. The molecule has 5 heteroatoms. The number of anilines is 1. The summed E-state index contributed by atoms with van der Waals surface area (Å²) in [4.78, 5) is 2.25. The molecule has 0 aliphatic carbocycles. The lowest BCUT2D eigenvalue weighted by molar-refractivity contribution is 0.0394. The Kier molecular flexibility index (Phi) is 4.08. The molecule has 4 nitrogen and oxygen atoms in total. The first-order valence-electron chi connectivity index (χ1n) is 7.06. The van der Waals surface area contributed by atoms with E-state index in [1.807, 2.05) is 24.3 Å². The normalized spacial score (nSPS) is 18.8. The van der Waals surface area contributed by atoms with E-state index in [9.17, 15) is 0 Å². The Bertz CT molecular complexity index is 630. The van der Waals surface area contributed by atoms with E-state index in [1.54, 1.807) is 6.20 Å². The third kappa shape index (κ3) is 3.01. The smallest absolute Gasteiger partial charge is 0.154 e. The van der Waals surface area contributed by atoms with Crippen LogP contribution in [0.3, 0.4) is 0 Å². The van der Waals surface area contributed by atoms with E-state index in [2.05, 4.69) is 28.9 Å². The molecule has 1 aliphatic heterocycles. The maximum Gasteiger partial charge on any atom is 0.154 e. The Morgan fingerprint density at radius 1 is 1.24 bits per heavy atom. The van der Waals surface area contributed by atoms with Gasteiger partial charge in [0.25, 0.3) is 0 Å². The fourth-order valence-electron chi connectivity index (χ4n) is 2.54. The van der Waals surface area contributed by atoms with Gasteiger partial charge < -0.3 is 9.64 Å². The molecule has 0 saturated carbocycles. The van der Waals surface area contributed by atoms with Crippen molar-refractivity contribution in [1.29, 1.82) is 0 Å². The first kappa shape index (κ1) is 14.3. The van der Waals surface area contributed by atoms with Crippen molar-refractivity contribution in [2.45, 2.75) is 20.0 Å². The monoisotopic (exact) mass is 303 g/mol. The van der Waals surface area contributed by atoms with Crippen LogP contribution in [0.15, 0.2) is 30.5 Å². The molecular weight excluding hydrogens is 286 g/mol. The van der Waals surface area contributed by atoms with Gasteiger partial charge >= 0.3 is 0 Å². The lowest BCUT2D eigenvalue weighted by Gasteiger charge is -2.34. The molecule has 1 aromatic carbocycles. The van der Waals surface area contributed by atoms with E-state index < -0.39 is 0 Å². The van der Waals surface area contributed by atoms with Gasteiger partial charge in [0.15, 0.2) is 5.82 Å². The second kappa shape index (κ2) is 6.00. The van der Waals surface area contributed by atoms with Crippen LogP contribution in [0.4, 0.5) is 5.82 Å². The summed E-state index contributed by atoms with van der Waals surface area (Å²) in [6.07, 6.45) is 1.84. The topological polar surface area (TPSA) is 38.2 Å². The van der Waals surface area contributed by atoms with Gasteiger partial charge in [-0.05, 0) is 42.7 Å². The Labute approximate surface area is 129 Å². The van der Waals surface area contributed by atoms with Crippen LogP contribution in [0.5, 0.6) is 0 Å². The summed E-state index contributed by atoms with van der Waals surface area (Å²) in [5.74, 6) is 0.956. The lowest BCUT2D eigenvalue weighted by atomic mass is 10.1. The molecule has 21 heavy (non-hydrogen) atoms. The van der Waals surface area contributed by atoms with Gasteiger partial charge in [-0.2, -0.15) is 5.10 Å². The molecule has 1 aliphatic rings. The van der Waals surface area contributed by atoms with Crippen LogP contribution in [0.1, 0.15) is 22.8 Å². The van der Waals surface area contributed by atoms with Gasteiger partial charge in [-0.3, -0.25) is 0 Å². The SMILES string of the molecule is Cc1cnnc(N2CCOC(c3ccc(Cl)cc3)C2)c1C. The van der Waals surface area contributed by atoms with Gasteiger partial charge in [-0.1, -0.05) is 23.7 Å². The highest BCUT2D eigenvalue weighted by atomic mass is 35.5. The summed E-state index contributed by atoms with van der Waals surface area (Å²) in [6.45, 7) is 6.45. The Morgan fingerprint density at radius 3 is 2.76 bits per heavy atom. The molecule has 1 unspecified atom stereocenters. The highest BCUT2D eigenvalue weighted by molar-refractivity contribution is 6.30. The van der Waals surface area contributed by atoms with Gasteiger partial charge in [0.2, 0.25) is 0 Å². The van der Waals surface area contributed by atoms with Crippen molar-refractivity contribution in [3.8, 4) is 0 Å². The van der Waals surface area contributed by atoms with Crippen molar-refractivity contribution in [2.75, 3.05) is 24.6 Å². The zero-order valence-electron chi connectivity index (χ0n) is 12.2. The second-order valence-electron chi connectivity index (χ2n) is 5.33. The van der Waals surface area contributed by atoms with E-state index >= 15 is 0 Å². The van der Waals surface area contributed by atoms with Crippen LogP contribution in [-0.2, 0) is 4.74 Å². The molecule has 2 heterocycles. The number of aryl methyl sites for hydroxylation is 1. The fourth-order valence-corrected chi connectivity index (χ4v) is 2.67. The largest absolute Gasteiger partial charge is 0.370 e. The summed E-state index contributed by atoms with van der Waals surface area (Å²) < 4.78 is 5.89.